The van der Waals surface area contributed by atoms with Gasteiger partial charge in [-0.15, -0.1) is 0 Å². The Morgan fingerprint density at radius 2 is 1.82 bits per heavy atom. The first-order chi connectivity index (χ1) is 5.09. The lowest BCUT2D eigenvalue weighted by molar-refractivity contribution is -0.142. The number of hydrogen-bond donors (Lipinski definition) is 1. The number of aliphatic hydroxyl groups excluding tert-OH is 1. The van der Waals surface area contributed by atoms with Crippen LogP contribution in [0.3, 0.4) is 0 Å². The van der Waals surface area contributed by atoms with Gasteiger partial charge < -0.3 is 9.84 Å². The van der Waals surface area contributed by atoms with Gasteiger partial charge in [-0.25, -0.2) is 0 Å². The standard InChI is InChI=1S/C6H12O3.C2H6/c1-4(5(2)7)6(8)9-3;1-2/h4,6,8H,1-3H3;1-2H3/t4-,6-;/m0./s1. The Labute approximate surface area is 68.4 Å². The molecule has 2 atom stereocenters. The van der Waals surface area contributed by atoms with Gasteiger partial charge in [0.25, 0.3) is 0 Å². The number of ether oxygens (including phenoxy) is 1. The summed E-state index contributed by atoms with van der Waals surface area (Å²) in [5.41, 5.74) is 0. The maximum absolute atomic E-state index is 10.5. The van der Waals surface area contributed by atoms with Crippen molar-refractivity contribution in [3.63, 3.8) is 0 Å². The van der Waals surface area contributed by atoms with E-state index in [0.717, 1.165) is 0 Å². The molecule has 0 bridgehead atoms. The number of carbonyl (C=O) groups excluding carboxylic acids is 1. The molecule has 0 unspecified atom stereocenters. The number of rotatable bonds is 3. The van der Waals surface area contributed by atoms with E-state index in [9.17, 15) is 4.79 Å². The van der Waals surface area contributed by atoms with Crippen LogP contribution in [0.1, 0.15) is 27.7 Å². The van der Waals surface area contributed by atoms with Crippen LogP contribution in [0.5, 0.6) is 0 Å². The fraction of sp³-hybridized carbons (Fsp3) is 0.875. The summed E-state index contributed by atoms with van der Waals surface area (Å²) in [7, 11) is 1.37. The molecule has 0 aliphatic heterocycles. The van der Waals surface area contributed by atoms with E-state index in [1.807, 2.05) is 13.8 Å². The van der Waals surface area contributed by atoms with Gasteiger partial charge in [0.2, 0.25) is 0 Å². The Bertz CT molecular complexity index is 102. The summed E-state index contributed by atoms with van der Waals surface area (Å²) < 4.78 is 4.51. The van der Waals surface area contributed by atoms with E-state index in [-0.39, 0.29) is 5.78 Å². The predicted molar refractivity (Wildman–Crippen MR) is 44.2 cm³/mol. The summed E-state index contributed by atoms with van der Waals surface area (Å²) in [6, 6.07) is 0. The molecule has 0 amide bonds. The lowest BCUT2D eigenvalue weighted by Gasteiger charge is -2.12. The molecule has 0 rings (SSSR count). The summed E-state index contributed by atoms with van der Waals surface area (Å²) in [6.07, 6.45) is -0.956. The molecule has 0 aromatic heterocycles. The van der Waals surface area contributed by atoms with E-state index in [1.165, 1.54) is 14.0 Å². The second-order valence-corrected chi connectivity index (χ2v) is 2.03. The number of methoxy groups -OCH3 is 1. The van der Waals surface area contributed by atoms with Crippen LogP contribution in [0.2, 0.25) is 0 Å². The highest BCUT2D eigenvalue weighted by atomic mass is 16.6. The Hall–Kier alpha value is -0.410. The number of carbonyl (C=O) groups is 1. The molecule has 0 aromatic carbocycles. The largest absolute Gasteiger partial charge is 0.367 e. The molecule has 3 nitrogen and oxygen atoms in total. The maximum atomic E-state index is 10.5. The van der Waals surface area contributed by atoms with Crippen LogP contribution < -0.4 is 0 Å². The summed E-state index contributed by atoms with van der Waals surface area (Å²) >= 11 is 0. The normalized spacial score (nSPS) is 14.4. The molecular weight excluding hydrogens is 144 g/mol. The SMILES string of the molecule is CC.CO[C@H](O)[C@@H](C)C(C)=O. The van der Waals surface area contributed by atoms with Crippen molar-refractivity contribution in [2.75, 3.05) is 7.11 Å². The molecule has 0 aliphatic rings. The van der Waals surface area contributed by atoms with Crippen LogP contribution in [-0.4, -0.2) is 24.3 Å². The van der Waals surface area contributed by atoms with Crippen LogP contribution in [0.15, 0.2) is 0 Å². The molecule has 0 saturated carbocycles. The third-order valence-corrected chi connectivity index (χ3v) is 1.31. The number of aliphatic hydroxyl groups is 1. The van der Waals surface area contributed by atoms with E-state index in [2.05, 4.69) is 4.74 Å². The monoisotopic (exact) mass is 162 g/mol. The predicted octanol–water partition coefficient (Wildman–Crippen LogP) is 1.20. The Balaban J connectivity index is 0. The van der Waals surface area contributed by atoms with Gasteiger partial charge in [0, 0.05) is 7.11 Å². The van der Waals surface area contributed by atoms with Crippen LogP contribution in [0, 0.1) is 5.92 Å². The lowest BCUT2D eigenvalue weighted by atomic mass is 10.1. The zero-order valence-electron chi connectivity index (χ0n) is 7.92. The first kappa shape index (κ1) is 13.2. The van der Waals surface area contributed by atoms with E-state index >= 15 is 0 Å². The van der Waals surface area contributed by atoms with Crippen LogP contribution in [-0.2, 0) is 9.53 Å². The van der Waals surface area contributed by atoms with E-state index < -0.39 is 12.2 Å². The number of hydrogen-bond acceptors (Lipinski definition) is 3. The third kappa shape index (κ3) is 6.01. The van der Waals surface area contributed by atoms with Crippen molar-refractivity contribution < 1.29 is 14.6 Å². The Morgan fingerprint density at radius 1 is 1.45 bits per heavy atom. The van der Waals surface area contributed by atoms with Gasteiger partial charge in [0.1, 0.15) is 5.78 Å². The van der Waals surface area contributed by atoms with Crippen molar-refractivity contribution in [1.29, 1.82) is 0 Å². The van der Waals surface area contributed by atoms with Gasteiger partial charge >= 0.3 is 0 Å². The Morgan fingerprint density at radius 3 is 1.91 bits per heavy atom. The maximum Gasteiger partial charge on any atom is 0.163 e. The van der Waals surface area contributed by atoms with Gasteiger partial charge in [0.05, 0.1) is 5.92 Å². The van der Waals surface area contributed by atoms with Gasteiger partial charge in [-0.05, 0) is 6.92 Å². The van der Waals surface area contributed by atoms with E-state index in [1.54, 1.807) is 6.92 Å². The first-order valence-corrected chi connectivity index (χ1v) is 3.81. The van der Waals surface area contributed by atoms with Crippen molar-refractivity contribution in [3.8, 4) is 0 Å². The summed E-state index contributed by atoms with van der Waals surface area (Å²) in [4.78, 5) is 10.5. The molecule has 0 radical (unpaired) electrons. The summed E-state index contributed by atoms with van der Waals surface area (Å²) in [5, 5.41) is 8.85. The van der Waals surface area contributed by atoms with Crippen LogP contribution in [0.25, 0.3) is 0 Å². The molecule has 68 valence electrons. The molecule has 0 fully saturated rings. The van der Waals surface area contributed by atoms with Gasteiger partial charge in [-0.2, -0.15) is 0 Å². The molecule has 0 aromatic rings. The van der Waals surface area contributed by atoms with Gasteiger partial charge in [-0.3, -0.25) is 4.79 Å². The second kappa shape index (κ2) is 7.69. The summed E-state index contributed by atoms with van der Waals surface area (Å²) in [5.74, 6) is -0.487. The van der Waals surface area contributed by atoms with Crippen molar-refractivity contribution in [2.45, 2.75) is 34.0 Å². The molecule has 0 saturated heterocycles. The highest BCUT2D eigenvalue weighted by Gasteiger charge is 2.16. The minimum Gasteiger partial charge on any atom is -0.367 e. The number of ketones is 1. The molecule has 0 heterocycles. The van der Waals surface area contributed by atoms with Crippen LogP contribution >= 0.6 is 0 Å². The zero-order chi connectivity index (χ0) is 9.44. The van der Waals surface area contributed by atoms with Gasteiger partial charge in [0.15, 0.2) is 6.29 Å². The van der Waals surface area contributed by atoms with Crippen molar-refractivity contribution in [3.05, 3.63) is 0 Å². The third-order valence-electron chi connectivity index (χ3n) is 1.31. The average molecular weight is 162 g/mol. The van der Waals surface area contributed by atoms with Crippen molar-refractivity contribution in [1.82, 2.24) is 0 Å². The van der Waals surface area contributed by atoms with Gasteiger partial charge in [-0.1, -0.05) is 20.8 Å². The highest BCUT2D eigenvalue weighted by molar-refractivity contribution is 5.78. The smallest absolute Gasteiger partial charge is 0.163 e. The quantitative estimate of drug-likeness (QED) is 0.634. The fourth-order valence-corrected chi connectivity index (χ4v) is 0.405. The molecular formula is C8H18O3. The average Bonchev–Trinajstić information content (AvgIpc) is 2.05. The molecule has 1 N–H and O–H groups in total. The van der Waals surface area contributed by atoms with E-state index in [0.29, 0.717) is 0 Å². The first-order valence-electron chi connectivity index (χ1n) is 3.81. The topological polar surface area (TPSA) is 46.5 Å². The fourth-order valence-electron chi connectivity index (χ4n) is 0.405. The molecule has 0 spiro atoms. The molecule has 11 heavy (non-hydrogen) atoms. The van der Waals surface area contributed by atoms with Crippen molar-refractivity contribution in [2.24, 2.45) is 5.92 Å². The zero-order valence-corrected chi connectivity index (χ0v) is 7.92. The Kier molecular flexibility index (Phi) is 9.23. The number of Topliss-reactive ketones (excluding diaryl/α,β-unsaturated/α-hetero) is 1. The van der Waals surface area contributed by atoms with E-state index in [4.69, 9.17) is 5.11 Å². The minimum atomic E-state index is -0.956. The van der Waals surface area contributed by atoms with Crippen molar-refractivity contribution >= 4 is 5.78 Å². The second-order valence-electron chi connectivity index (χ2n) is 2.03. The minimum absolute atomic E-state index is 0.0654. The lowest BCUT2D eigenvalue weighted by Crippen LogP contribution is -2.25. The highest BCUT2D eigenvalue weighted by Crippen LogP contribution is 2.03. The summed E-state index contributed by atoms with van der Waals surface area (Å²) in [6.45, 7) is 7.05. The van der Waals surface area contributed by atoms with Crippen LogP contribution in [0.4, 0.5) is 0 Å². The molecule has 0 aliphatic carbocycles. The molecule has 3 heteroatoms.